The van der Waals surface area contributed by atoms with Gasteiger partial charge in [-0.3, -0.25) is 0 Å². The predicted molar refractivity (Wildman–Crippen MR) is 73.7 cm³/mol. The van der Waals surface area contributed by atoms with Crippen LogP contribution in [0.4, 0.5) is 5.69 Å². The fraction of sp³-hybridized carbons (Fsp3) is 0.643. The number of pyridine rings is 1. The summed E-state index contributed by atoms with van der Waals surface area (Å²) in [5.41, 5.74) is 1.70. The Morgan fingerprint density at radius 2 is 2.00 bits per heavy atom. The number of hydrogen-bond acceptors (Lipinski definition) is 2. The van der Waals surface area contributed by atoms with Crippen LogP contribution in [-0.2, 0) is 0 Å². The molecule has 2 rings (SSSR count). The van der Waals surface area contributed by atoms with Gasteiger partial charge in [0.1, 0.15) is 5.15 Å². The van der Waals surface area contributed by atoms with E-state index >= 15 is 0 Å². The van der Waals surface area contributed by atoms with Crippen LogP contribution in [0.15, 0.2) is 18.3 Å². The van der Waals surface area contributed by atoms with Crippen molar-refractivity contribution in [2.24, 2.45) is 5.41 Å². The third-order valence-corrected chi connectivity index (χ3v) is 4.18. The predicted octanol–water partition coefficient (Wildman–Crippen LogP) is 4.14. The van der Waals surface area contributed by atoms with Crippen molar-refractivity contribution in [3.8, 4) is 0 Å². The van der Waals surface area contributed by atoms with Crippen LogP contribution in [-0.4, -0.2) is 18.1 Å². The van der Waals surface area contributed by atoms with E-state index in [0.717, 1.165) is 0 Å². The lowest BCUT2D eigenvalue weighted by Gasteiger charge is -2.39. The molecule has 1 aliphatic carbocycles. The van der Waals surface area contributed by atoms with Crippen molar-refractivity contribution in [2.75, 3.05) is 11.9 Å². The summed E-state index contributed by atoms with van der Waals surface area (Å²) in [5.74, 6) is 0. The Bertz CT molecular complexity index is 380. The molecule has 0 unspecified atom stereocenters. The normalized spacial score (nSPS) is 20.2. The van der Waals surface area contributed by atoms with E-state index in [9.17, 15) is 0 Å². The number of nitrogens with zero attached hydrogens (tertiary/aromatic N) is 2. The number of aromatic nitrogens is 1. The number of halogens is 1. The van der Waals surface area contributed by atoms with E-state index < -0.39 is 0 Å². The molecular formula is C14H21ClN2. The van der Waals surface area contributed by atoms with Crippen LogP contribution >= 0.6 is 11.6 Å². The van der Waals surface area contributed by atoms with Gasteiger partial charge in [-0.05, 0) is 43.2 Å². The lowest BCUT2D eigenvalue weighted by atomic mass is 9.75. The second-order valence-electron chi connectivity index (χ2n) is 5.84. The maximum atomic E-state index is 5.94. The molecule has 0 saturated heterocycles. The lowest BCUT2D eigenvalue weighted by Crippen LogP contribution is -2.37. The summed E-state index contributed by atoms with van der Waals surface area (Å²) >= 11 is 5.94. The zero-order chi connectivity index (χ0) is 12.5. The zero-order valence-electron chi connectivity index (χ0n) is 10.9. The van der Waals surface area contributed by atoms with Crippen LogP contribution < -0.4 is 4.90 Å². The van der Waals surface area contributed by atoms with Crippen molar-refractivity contribution in [3.63, 3.8) is 0 Å². The first-order valence-corrected chi connectivity index (χ1v) is 6.70. The van der Waals surface area contributed by atoms with E-state index in [4.69, 9.17) is 11.6 Å². The van der Waals surface area contributed by atoms with Crippen LogP contribution in [0, 0.1) is 5.41 Å². The average Bonchev–Trinajstić information content (AvgIpc) is 2.28. The summed E-state index contributed by atoms with van der Waals surface area (Å²) in [5, 5.41) is 0.575. The molecule has 0 spiro atoms. The van der Waals surface area contributed by atoms with Crippen molar-refractivity contribution in [1.29, 1.82) is 0 Å². The molecule has 0 aromatic carbocycles. The SMILES string of the molecule is CN(c1ccnc(Cl)c1)C1CCC(C)(C)CC1. The fourth-order valence-corrected chi connectivity index (χ4v) is 2.76. The molecule has 1 aliphatic rings. The molecule has 0 bridgehead atoms. The van der Waals surface area contributed by atoms with Gasteiger partial charge >= 0.3 is 0 Å². The molecule has 1 aromatic heterocycles. The highest BCUT2D eigenvalue weighted by Crippen LogP contribution is 2.37. The van der Waals surface area contributed by atoms with Crippen molar-refractivity contribution < 1.29 is 0 Å². The van der Waals surface area contributed by atoms with Gasteiger partial charge < -0.3 is 4.90 Å². The average molecular weight is 253 g/mol. The topological polar surface area (TPSA) is 16.1 Å². The highest BCUT2D eigenvalue weighted by atomic mass is 35.5. The largest absolute Gasteiger partial charge is 0.371 e. The zero-order valence-corrected chi connectivity index (χ0v) is 11.7. The van der Waals surface area contributed by atoms with Gasteiger partial charge in [0.15, 0.2) is 0 Å². The van der Waals surface area contributed by atoms with Gasteiger partial charge in [0.25, 0.3) is 0 Å². The Morgan fingerprint density at radius 3 is 2.59 bits per heavy atom. The summed E-state index contributed by atoms with van der Waals surface area (Å²) in [7, 11) is 2.16. The summed E-state index contributed by atoms with van der Waals surface area (Å²) < 4.78 is 0. The minimum absolute atomic E-state index is 0.521. The second kappa shape index (κ2) is 4.85. The van der Waals surface area contributed by atoms with Gasteiger partial charge in [0, 0.05) is 25.0 Å². The van der Waals surface area contributed by atoms with Gasteiger partial charge in [-0.1, -0.05) is 25.4 Å². The summed E-state index contributed by atoms with van der Waals surface area (Å²) in [4.78, 5) is 6.38. The van der Waals surface area contributed by atoms with Gasteiger partial charge in [0.2, 0.25) is 0 Å². The number of rotatable bonds is 2. The first kappa shape index (κ1) is 12.7. The van der Waals surface area contributed by atoms with E-state index in [0.29, 0.717) is 16.6 Å². The van der Waals surface area contributed by atoms with Crippen molar-refractivity contribution in [1.82, 2.24) is 4.98 Å². The van der Waals surface area contributed by atoms with Crippen molar-refractivity contribution >= 4 is 17.3 Å². The molecule has 0 atom stereocenters. The molecule has 3 heteroatoms. The summed E-state index contributed by atoms with van der Waals surface area (Å²) in [6.07, 6.45) is 6.93. The molecular weight excluding hydrogens is 232 g/mol. The molecule has 0 aliphatic heterocycles. The maximum Gasteiger partial charge on any atom is 0.131 e. The quantitative estimate of drug-likeness (QED) is 0.736. The molecule has 17 heavy (non-hydrogen) atoms. The van der Waals surface area contributed by atoms with Crippen molar-refractivity contribution in [3.05, 3.63) is 23.5 Å². The Balaban J connectivity index is 2.04. The molecule has 1 saturated carbocycles. The van der Waals surface area contributed by atoms with Crippen LogP contribution in [0.1, 0.15) is 39.5 Å². The minimum atomic E-state index is 0.521. The van der Waals surface area contributed by atoms with E-state index in [2.05, 4.69) is 30.8 Å². The maximum absolute atomic E-state index is 5.94. The fourth-order valence-electron chi connectivity index (χ4n) is 2.59. The molecule has 0 amide bonds. The summed E-state index contributed by atoms with van der Waals surface area (Å²) in [6, 6.07) is 4.62. The third-order valence-electron chi connectivity index (χ3n) is 3.97. The van der Waals surface area contributed by atoms with Gasteiger partial charge in [-0.25, -0.2) is 4.98 Å². The number of hydrogen-bond donors (Lipinski definition) is 0. The highest BCUT2D eigenvalue weighted by Gasteiger charge is 2.28. The third kappa shape index (κ3) is 3.12. The van der Waals surface area contributed by atoms with Crippen LogP contribution in [0.5, 0.6) is 0 Å². The minimum Gasteiger partial charge on any atom is -0.371 e. The molecule has 94 valence electrons. The first-order chi connectivity index (χ1) is 7.98. The Morgan fingerprint density at radius 1 is 1.35 bits per heavy atom. The molecule has 2 nitrogen and oxygen atoms in total. The molecule has 0 N–H and O–H groups in total. The smallest absolute Gasteiger partial charge is 0.131 e. The van der Waals surface area contributed by atoms with Gasteiger partial charge in [-0.2, -0.15) is 0 Å². The monoisotopic (exact) mass is 252 g/mol. The van der Waals surface area contributed by atoms with Crippen LogP contribution in [0.25, 0.3) is 0 Å². The second-order valence-corrected chi connectivity index (χ2v) is 6.23. The Kier molecular flexibility index (Phi) is 3.62. The van der Waals surface area contributed by atoms with E-state index in [-0.39, 0.29) is 0 Å². The van der Waals surface area contributed by atoms with E-state index in [1.807, 2.05) is 12.1 Å². The summed E-state index contributed by atoms with van der Waals surface area (Å²) in [6.45, 7) is 4.74. The molecule has 1 fully saturated rings. The Hall–Kier alpha value is -0.760. The van der Waals surface area contributed by atoms with Gasteiger partial charge in [0.05, 0.1) is 0 Å². The standard InChI is InChI=1S/C14H21ClN2/c1-14(2)7-4-11(5-8-14)17(3)12-6-9-16-13(15)10-12/h6,9-11H,4-5,7-8H2,1-3H3. The van der Waals surface area contributed by atoms with Crippen LogP contribution in [0.3, 0.4) is 0 Å². The lowest BCUT2D eigenvalue weighted by molar-refractivity contribution is 0.222. The Labute approximate surface area is 109 Å². The van der Waals surface area contributed by atoms with Crippen molar-refractivity contribution in [2.45, 2.75) is 45.6 Å². The molecule has 1 aromatic rings. The van der Waals surface area contributed by atoms with Crippen LogP contribution in [0.2, 0.25) is 5.15 Å². The first-order valence-electron chi connectivity index (χ1n) is 6.32. The van der Waals surface area contributed by atoms with Gasteiger partial charge in [-0.15, -0.1) is 0 Å². The molecule has 1 heterocycles. The molecule has 0 radical (unpaired) electrons. The highest BCUT2D eigenvalue weighted by molar-refractivity contribution is 6.29. The number of anilines is 1. The van der Waals surface area contributed by atoms with E-state index in [1.165, 1.54) is 31.4 Å². The van der Waals surface area contributed by atoms with E-state index in [1.54, 1.807) is 6.20 Å².